The third kappa shape index (κ3) is 6.58. The first-order valence-electron chi connectivity index (χ1n) is 16.0. The van der Waals surface area contributed by atoms with Gasteiger partial charge in [0.1, 0.15) is 6.17 Å². The van der Waals surface area contributed by atoms with E-state index in [1.54, 1.807) is 0 Å². The molecule has 1 heterocycles. The van der Waals surface area contributed by atoms with Crippen LogP contribution in [-0.4, -0.2) is 17.6 Å². The second-order valence-corrected chi connectivity index (χ2v) is 11.9. The highest BCUT2D eigenvalue weighted by Gasteiger charge is 2.29. The van der Waals surface area contributed by atoms with E-state index in [-0.39, 0.29) is 6.17 Å². The number of benzene rings is 3. The van der Waals surface area contributed by atoms with E-state index in [1.165, 1.54) is 21.9 Å². The largest absolute Gasteiger partial charge is 0.358 e. The van der Waals surface area contributed by atoms with E-state index < -0.39 is 0 Å². The van der Waals surface area contributed by atoms with Gasteiger partial charge in [-0.1, -0.05) is 135 Å². The van der Waals surface area contributed by atoms with Gasteiger partial charge < -0.3 is 5.32 Å². The number of nitrogens with zero attached hydrogens (tertiary/aromatic N) is 2. The Morgan fingerprint density at radius 2 is 1.84 bits per heavy atom. The second-order valence-electron chi connectivity index (χ2n) is 11.9. The minimum atomic E-state index is -0.198. The maximum absolute atomic E-state index is 5.44. The summed E-state index contributed by atoms with van der Waals surface area (Å²) < 4.78 is 0. The summed E-state index contributed by atoms with van der Waals surface area (Å²) in [5.41, 5.74) is 10.4. The summed E-state index contributed by atoms with van der Waals surface area (Å²) >= 11 is 0. The number of allylic oxidation sites excluding steroid dienone is 14. The number of aliphatic imine (C=N–C) groups is 2. The van der Waals surface area contributed by atoms with Gasteiger partial charge in [-0.05, 0) is 78.2 Å². The summed E-state index contributed by atoms with van der Waals surface area (Å²) in [5.74, 6) is 0.384. The molecule has 3 heteroatoms. The molecule has 0 spiro atoms. The monoisotopic (exact) mass is 587 g/mol. The van der Waals surface area contributed by atoms with Crippen molar-refractivity contribution in [1.29, 1.82) is 0 Å². The van der Waals surface area contributed by atoms with Crippen molar-refractivity contribution in [2.24, 2.45) is 15.9 Å². The predicted octanol–water partition coefficient (Wildman–Crippen LogP) is 10.9. The zero-order valence-electron chi connectivity index (χ0n) is 26.5. The maximum atomic E-state index is 5.44. The Morgan fingerprint density at radius 1 is 0.978 bits per heavy atom. The highest BCUT2D eigenvalue weighted by atomic mass is 15.1. The van der Waals surface area contributed by atoms with Crippen LogP contribution in [0.15, 0.2) is 161 Å². The van der Waals surface area contributed by atoms with Gasteiger partial charge in [0.05, 0.1) is 22.8 Å². The molecule has 45 heavy (non-hydrogen) atoms. The van der Waals surface area contributed by atoms with Crippen molar-refractivity contribution in [3.63, 3.8) is 0 Å². The molecule has 0 amide bonds. The van der Waals surface area contributed by atoms with Crippen LogP contribution in [0.2, 0.25) is 0 Å². The summed E-state index contributed by atoms with van der Waals surface area (Å²) in [5, 5.41) is 6.25. The molecule has 2 atom stereocenters. The van der Waals surface area contributed by atoms with Gasteiger partial charge in [0.15, 0.2) is 0 Å². The number of aryl methyl sites for hydroxylation is 1. The second kappa shape index (κ2) is 13.7. The average Bonchev–Trinajstić information content (AvgIpc) is 3.07. The van der Waals surface area contributed by atoms with E-state index in [0.29, 0.717) is 5.92 Å². The molecule has 0 saturated carbocycles. The number of fused-ring (bicyclic) bond motifs is 2. The third-order valence-corrected chi connectivity index (χ3v) is 8.64. The fourth-order valence-corrected chi connectivity index (χ4v) is 6.11. The average molecular weight is 588 g/mol. The molecular formula is C42H41N3. The molecule has 0 fully saturated rings. The number of hydrogen-bond donors (Lipinski definition) is 1. The van der Waals surface area contributed by atoms with Crippen LogP contribution in [-0.2, 0) is 0 Å². The van der Waals surface area contributed by atoms with E-state index in [4.69, 9.17) is 9.98 Å². The molecule has 3 aliphatic rings. The molecule has 2 unspecified atom stereocenters. The van der Waals surface area contributed by atoms with Gasteiger partial charge >= 0.3 is 0 Å². The van der Waals surface area contributed by atoms with Crippen molar-refractivity contribution in [3.05, 3.63) is 167 Å². The molecule has 0 saturated heterocycles. The van der Waals surface area contributed by atoms with Crippen LogP contribution in [0.25, 0.3) is 10.8 Å². The molecule has 224 valence electrons. The van der Waals surface area contributed by atoms with Gasteiger partial charge in [-0.25, -0.2) is 4.99 Å². The lowest BCUT2D eigenvalue weighted by Crippen LogP contribution is -2.31. The molecule has 2 aliphatic carbocycles. The zero-order chi connectivity index (χ0) is 31.2. The number of hydrogen-bond acceptors (Lipinski definition) is 3. The zero-order valence-corrected chi connectivity index (χ0v) is 26.5. The van der Waals surface area contributed by atoms with Crippen molar-refractivity contribution in [2.45, 2.75) is 46.2 Å². The standard InChI is InChI=1S/C42H41N3/c1-5-6-8-17-30(3)38(28-26-32-18-9-7-10-19-32)43-39-31(4)25-27-37-40(36-24-15-21-33-20-12-14-23-35(33)36)44-42(45-41(37)39)34-22-13-11-16-29(34)2/h5-6,8-9,11-15,17-29,42,45H,3,7,10,16H2,1-2,4H3/b6-5-,17-8-,28-26+,43-38?. The molecule has 3 aromatic rings. The Labute approximate surface area is 267 Å². The Bertz CT molecular complexity index is 1900. The first kappa shape index (κ1) is 30.0. The van der Waals surface area contributed by atoms with Gasteiger partial charge in [-0.15, -0.1) is 0 Å². The van der Waals surface area contributed by atoms with E-state index in [1.807, 2.05) is 31.2 Å². The lowest BCUT2D eigenvalue weighted by molar-refractivity contribution is 0.626. The fraction of sp³-hybridized carbons (Fsp3) is 0.190. The van der Waals surface area contributed by atoms with E-state index in [9.17, 15) is 0 Å². The maximum Gasteiger partial charge on any atom is 0.142 e. The molecular weight excluding hydrogens is 546 g/mol. The summed E-state index contributed by atoms with van der Waals surface area (Å²) in [6, 6.07) is 19.4. The molecule has 6 rings (SSSR count). The molecule has 3 aromatic carbocycles. The topological polar surface area (TPSA) is 36.8 Å². The normalized spacial score (nSPS) is 20.0. The van der Waals surface area contributed by atoms with Gasteiger partial charge in [-0.2, -0.15) is 0 Å². The Balaban J connectivity index is 1.54. The third-order valence-electron chi connectivity index (χ3n) is 8.64. The number of nitrogens with one attached hydrogen (secondary N) is 1. The molecule has 0 radical (unpaired) electrons. The van der Waals surface area contributed by atoms with Crippen LogP contribution in [0.5, 0.6) is 0 Å². The Morgan fingerprint density at radius 3 is 2.67 bits per heavy atom. The highest BCUT2D eigenvalue weighted by molar-refractivity contribution is 6.23. The highest BCUT2D eigenvalue weighted by Crippen LogP contribution is 2.41. The van der Waals surface area contributed by atoms with Crippen molar-refractivity contribution in [2.75, 3.05) is 5.32 Å². The van der Waals surface area contributed by atoms with Gasteiger partial charge in [0.2, 0.25) is 0 Å². The van der Waals surface area contributed by atoms with E-state index in [2.05, 4.69) is 129 Å². The van der Waals surface area contributed by atoms with E-state index >= 15 is 0 Å². The van der Waals surface area contributed by atoms with Crippen LogP contribution in [0.1, 0.15) is 49.8 Å². The minimum Gasteiger partial charge on any atom is -0.358 e. The molecule has 1 aliphatic heterocycles. The number of rotatable bonds is 8. The number of anilines is 1. The molecule has 3 nitrogen and oxygen atoms in total. The van der Waals surface area contributed by atoms with Gasteiger partial charge in [0, 0.05) is 11.1 Å². The van der Waals surface area contributed by atoms with Crippen LogP contribution in [0, 0.1) is 12.8 Å². The predicted molar refractivity (Wildman–Crippen MR) is 195 cm³/mol. The van der Waals surface area contributed by atoms with Crippen molar-refractivity contribution >= 4 is 33.6 Å². The smallest absolute Gasteiger partial charge is 0.142 e. The quantitative estimate of drug-likeness (QED) is 0.207. The van der Waals surface area contributed by atoms with Crippen LogP contribution >= 0.6 is 0 Å². The van der Waals surface area contributed by atoms with Gasteiger partial charge in [-0.3, -0.25) is 4.99 Å². The molecule has 0 aromatic heterocycles. The lowest BCUT2D eigenvalue weighted by atomic mass is 9.88. The van der Waals surface area contributed by atoms with E-state index in [0.717, 1.165) is 64.3 Å². The first-order chi connectivity index (χ1) is 22.0. The molecule has 1 N–H and O–H groups in total. The summed E-state index contributed by atoms with van der Waals surface area (Å²) in [4.78, 5) is 10.8. The van der Waals surface area contributed by atoms with Crippen molar-refractivity contribution in [3.8, 4) is 0 Å². The summed E-state index contributed by atoms with van der Waals surface area (Å²) in [6.45, 7) is 10.9. The van der Waals surface area contributed by atoms with Crippen LogP contribution in [0.4, 0.5) is 11.4 Å². The Kier molecular flexibility index (Phi) is 9.17. The Hall–Kier alpha value is -5.02. The first-order valence-corrected chi connectivity index (χ1v) is 16.0. The van der Waals surface area contributed by atoms with Gasteiger partial charge in [0.25, 0.3) is 0 Å². The fourth-order valence-electron chi connectivity index (χ4n) is 6.11. The van der Waals surface area contributed by atoms with Crippen LogP contribution in [0.3, 0.4) is 0 Å². The minimum absolute atomic E-state index is 0.198. The van der Waals surface area contributed by atoms with Crippen molar-refractivity contribution < 1.29 is 0 Å². The lowest BCUT2D eigenvalue weighted by Gasteiger charge is -2.32. The summed E-state index contributed by atoms with van der Waals surface area (Å²) in [7, 11) is 0. The molecule has 0 bridgehead atoms. The van der Waals surface area contributed by atoms with Crippen molar-refractivity contribution in [1.82, 2.24) is 0 Å². The summed E-state index contributed by atoms with van der Waals surface area (Å²) in [6.07, 6.45) is 28.6. The SMILES string of the molecule is C=C(/C=C\C=C/C)C(/C=C/C1=CCCC=C1)=Nc1c(C)ccc2c1NC(C1=CC=CCC1C)N=C2c1cccc2ccccc12. The van der Waals surface area contributed by atoms with Crippen LogP contribution < -0.4 is 5.32 Å².